The summed E-state index contributed by atoms with van der Waals surface area (Å²) in [7, 11) is 0. The molecule has 22 heavy (non-hydrogen) atoms. The summed E-state index contributed by atoms with van der Waals surface area (Å²) in [4.78, 5) is 11.5. The van der Waals surface area contributed by atoms with Gasteiger partial charge in [0.05, 0.1) is 6.61 Å². The standard InChI is InChI=1S/C16H22F3NO2/c1-13-6-8-14(9-7-13)4-2-3-5-15(21)20-10-11-22-12-16(17,18)19/h6-9H,2-5,10-12H2,1H3,(H,20,21). The van der Waals surface area contributed by atoms with E-state index in [1.54, 1.807) is 0 Å². The number of alkyl halides is 3. The number of rotatable bonds is 9. The molecule has 0 aromatic heterocycles. The number of carbonyl (C=O) groups is 1. The van der Waals surface area contributed by atoms with Crippen LogP contribution in [0.15, 0.2) is 24.3 Å². The summed E-state index contributed by atoms with van der Waals surface area (Å²) in [6.45, 7) is 0.730. The molecule has 0 bridgehead atoms. The third-order valence-electron chi connectivity index (χ3n) is 3.07. The van der Waals surface area contributed by atoms with Crippen LogP contribution in [0.3, 0.4) is 0 Å². The van der Waals surface area contributed by atoms with Crippen LogP contribution in [0.25, 0.3) is 0 Å². The number of halogens is 3. The van der Waals surface area contributed by atoms with Crippen molar-refractivity contribution in [2.75, 3.05) is 19.8 Å². The number of ether oxygens (including phenoxy) is 1. The molecule has 1 aromatic carbocycles. The third-order valence-corrected chi connectivity index (χ3v) is 3.07. The molecule has 1 aromatic rings. The van der Waals surface area contributed by atoms with Crippen LogP contribution in [0, 0.1) is 6.92 Å². The highest BCUT2D eigenvalue weighted by molar-refractivity contribution is 5.75. The summed E-state index contributed by atoms with van der Waals surface area (Å²) in [5, 5.41) is 2.54. The highest BCUT2D eigenvalue weighted by atomic mass is 19.4. The Morgan fingerprint density at radius 2 is 1.86 bits per heavy atom. The zero-order valence-electron chi connectivity index (χ0n) is 12.7. The number of amides is 1. The van der Waals surface area contributed by atoms with Crippen LogP contribution >= 0.6 is 0 Å². The molecule has 0 fully saturated rings. The van der Waals surface area contributed by atoms with Crippen molar-refractivity contribution >= 4 is 5.91 Å². The first-order valence-electron chi connectivity index (χ1n) is 7.33. The van der Waals surface area contributed by atoms with Gasteiger partial charge in [-0.25, -0.2) is 0 Å². The molecule has 124 valence electrons. The van der Waals surface area contributed by atoms with Gasteiger partial charge in [-0.2, -0.15) is 13.2 Å². The molecule has 0 spiro atoms. The molecule has 6 heteroatoms. The molecule has 1 amide bonds. The molecule has 3 nitrogen and oxygen atoms in total. The van der Waals surface area contributed by atoms with Crippen molar-refractivity contribution in [1.82, 2.24) is 5.32 Å². The first-order valence-corrected chi connectivity index (χ1v) is 7.33. The lowest BCUT2D eigenvalue weighted by molar-refractivity contribution is -0.173. The quantitative estimate of drug-likeness (QED) is 0.709. The topological polar surface area (TPSA) is 38.3 Å². The predicted molar refractivity (Wildman–Crippen MR) is 78.6 cm³/mol. The van der Waals surface area contributed by atoms with E-state index in [1.165, 1.54) is 11.1 Å². The lowest BCUT2D eigenvalue weighted by Crippen LogP contribution is -2.28. The van der Waals surface area contributed by atoms with Gasteiger partial charge >= 0.3 is 6.18 Å². The van der Waals surface area contributed by atoms with Crippen molar-refractivity contribution in [2.45, 2.75) is 38.8 Å². The second-order valence-corrected chi connectivity index (χ2v) is 5.21. The predicted octanol–water partition coefficient (Wildman–Crippen LogP) is 3.40. The summed E-state index contributed by atoms with van der Waals surface area (Å²) >= 11 is 0. The van der Waals surface area contributed by atoms with Crippen LogP contribution in [-0.4, -0.2) is 31.8 Å². The number of nitrogens with one attached hydrogen (secondary N) is 1. The molecular weight excluding hydrogens is 295 g/mol. The second kappa shape index (κ2) is 9.46. The molecule has 0 atom stereocenters. The minimum Gasteiger partial charge on any atom is -0.370 e. The van der Waals surface area contributed by atoms with E-state index < -0.39 is 12.8 Å². The van der Waals surface area contributed by atoms with Crippen LogP contribution in [0.4, 0.5) is 13.2 Å². The molecule has 1 rings (SSSR count). The van der Waals surface area contributed by atoms with Crippen molar-refractivity contribution in [3.8, 4) is 0 Å². The Hall–Kier alpha value is -1.56. The summed E-state index contributed by atoms with van der Waals surface area (Å²) in [6.07, 6.45) is -1.36. The summed E-state index contributed by atoms with van der Waals surface area (Å²) in [6, 6.07) is 8.27. The van der Waals surface area contributed by atoms with Crippen LogP contribution in [0.5, 0.6) is 0 Å². The minimum absolute atomic E-state index is 0.104. The van der Waals surface area contributed by atoms with Crippen molar-refractivity contribution in [2.24, 2.45) is 0 Å². The Labute approximate surface area is 128 Å². The highest BCUT2D eigenvalue weighted by Crippen LogP contribution is 2.14. The van der Waals surface area contributed by atoms with Gasteiger partial charge in [-0.05, 0) is 31.7 Å². The van der Waals surface area contributed by atoms with Gasteiger partial charge in [0.1, 0.15) is 6.61 Å². The molecular formula is C16H22F3NO2. The summed E-state index contributed by atoms with van der Waals surface area (Å²) in [5.74, 6) is -0.153. The Bertz CT molecular complexity index is 444. The number of hydrogen-bond acceptors (Lipinski definition) is 2. The Morgan fingerprint density at radius 3 is 2.50 bits per heavy atom. The van der Waals surface area contributed by atoms with Gasteiger partial charge in [-0.1, -0.05) is 29.8 Å². The van der Waals surface area contributed by atoms with E-state index in [-0.39, 0.29) is 19.1 Å². The average Bonchev–Trinajstić information content (AvgIpc) is 2.44. The van der Waals surface area contributed by atoms with E-state index in [4.69, 9.17) is 0 Å². The lowest BCUT2D eigenvalue weighted by atomic mass is 10.1. The highest BCUT2D eigenvalue weighted by Gasteiger charge is 2.27. The Kier molecular flexibility index (Phi) is 7.95. The van der Waals surface area contributed by atoms with Crippen molar-refractivity contribution in [3.05, 3.63) is 35.4 Å². The monoisotopic (exact) mass is 317 g/mol. The average molecular weight is 317 g/mol. The van der Waals surface area contributed by atoms with Crippen LogP contribution < -0.4 is 5.32 Å². The zero-order chi connectivity index (χ0) is 16.4. The molecule has 0 unspecified atom stereocenters. The fraction of sp³-hybridized carbons (Fsp3) is 0.562. The van der Waals surface area contributed by atoms with E-state index >= 15 is 0 Å². The van der Waals surface area contributed by atoms with Gasteiger partial charge in [-0.3, -0.25) is 4.79 Å². The van der Waals surface area contributed by atoms with E-state index in [9.17, 15) is 18.0 Å². The number of unbranched alkanes of at least 4 members (excludes halogenated alkanes) is 1. The summed E-state index contributed by atoms with van der Waals surface area (Å²) < 4.78 is 39.8. The maximum Gasteiger partial charge on any atom is 0.411 e. The van der Waals surface area contributed by atoms with E-state index in [2.05, 4.69) is 34.3 Å². The van der Waals surface area contributed by atoms with Gasteiger partial charge in [0.25, 0.3) is 0 Å². The third kappa shape index (κ3) is 9.39. The molecule has 1 N–H and O–H groups in total. The van der Waals surface area contributed by atoms with E-state index in [0.29, 0.717) is 6.42 Å². The molecule has 0 aliphatic rings. The minimum atomic E-state index is -4.32. The SMILES string of the molecule is Cc1ccc(CCCCC(=O)NCCOCC(F)(F)F)cc1. The number of hydrogen-bond donors (Lipinski definition) is 1. The lowest BCUT2D eigenvalue weighted by Gasteiger charge is -2.08. The maximum atomic E-state index is 11.8. The van der Waals surface area contributed by atoms with Gasteiger partial charge in [0.2, 0.25) is 5.91 Å². The van der Waals surface area contributed by atoms with Crippen molar-refractivity contribution in [1.29, 1.82) is 0 Å². The van der Waals surface area contributed by atoms with Crippen LogP contribution in [0.2, 0.25) is 0 Å². The van der Waals surface area contributed by atoms with Crippen molar-refractivity contribution in [3.63, 3.8) is 0 Å². The van der Waals surface area contributed by atoms with Gasteiger partial charge in [0.15, 0.2) is 0 Å². The fourth-order valence-electron chi connectivity index (χ4n) is 1.91. The molecule has 0 heterocycles. The van der Waals surface area contributed by atoms with Gasteiger partial charge in [0, 0.05) is 13.0 Å². The largest absolute Gasteiger partial charge is 0.411 e. The van der Waals surface area contributed by atoms with E-state index in [1.807, 2.05) is 6.92 Å². The maximum absolute atomic E-state index is 11.8. The molecule has 0 aliphatic carbocycles. The molecule has 0 radical (unpaired) electrons. The number of carbonyl (C=O) groups excluding carboxylic acids is 1. The Morgan fingerprint density at radius 1 is 1.18 bits per heavy atom. The second-order valence-electron chi connectivity index (χ2n) is 5.21. The molecule has 0 aliphatic heterocycles. The van der Waals surface area contributed by atoms with Crippen LogP contribution in [0.1, 0.15) is 30.4 Å². The van der Waals surface area contributed by atoms with Gasteiger partial charge < -0.3 is 10.1 Å². The van der Waals surface area contributed by atoms with Crippen molar-refractivity contribution < 1.29 is 22.7 Å². The van der Waals surface area contributed by atoms with Crippen LogP contribution in [-0.2, 0) is 16.0 Å². The molecule has 0 saturated carbocycles. The summed E-state index contributed by atoms with van der Waals surface area (Å²) in [5.41, 5.74) is 2.46. The first-order chi connectivity index (χ1) is 10.4. The van der Waals surface area contributed by atoms with E-state index in [0.717, 1.165) is 19.3 Å². The smallest absolute Gasteiger partial charge is 0.370 e. The van der Waals surface area contributed by atoms with Gasteiger partial charge in [-0.15, -0.1) is 0 Å². The first kappa shape index (κ1) is 18.5. The number of aryl methyl sites for hydroxylation is 2. The fourth-order valence-corrected chi connectivity index (χ4v) is 1.91. The zero-order valence-corrected chi connectivity index (χ0v) is 12.7. The normalized spacial score (nSPS) is 11.5. The Balaban J connectivity index is 2.00. The molecule has 0 saturated heterocycles. The number of benzene rings is 1.